The van der Waals surface area contributed by atoms with Crippen LogP contribution in [0.15, 0.2) is 5.38 Å². The van der Waals surface area contributed by atoms with Crippen LogP contribution in [0.3, 0.4) is 0 Å². The molecule has 0 aliphatic carbocycles. The molecule has 2 N–H and O–H groups in total. The molecule has 116 valence electrons. The minimum absolute atomic E-state index is 0.334. The summed E-state index contributed by atoms with van der Waals surface area (Å²) in [6.07, 6.45) is 1.73. The van der Waals surface area contributed by atoms with Crippen molar-refractivity contribution in [3.8, 4) is 0 Å². The molecule has 20 heavy (non-hydrogen) atoms. The highest BCUT2D eigenvalue weighted by molar-refractivity contribution is 7.09. The Balaban J connectivity index is 1.91. The van der Waals surface area contributed by atoms with E-state index in [0.29, 0.717) is 32.9 Å². The summed E-state index contributed by atoms with van der Waals surface area (Å²) < 4.78 is 10.7. The number of thiazole rings is 1. The Morgan fingerprint density at radius 2 is 2.15 bits per heavy atom. The van der Waals surface area contributed by atoms with Gasteiger partial charge in [-0.25, -0.2) is 4.98 Å². The van der Waals surface area contributed by atoms with Gasteiger partial charge in [-0.05, 0) is 13.3 Å². The lowest BCUT2D eigenvalue weighted by molar-refractivity contribution is 0.00383. The maximum atomic E-state index is 9.73. The number of ether oxygens (including phenoxy) is 2. The first-order chi connectivity index (χ1) is 9.72. The molecule has 0 bridgehead atoms. The average molecular weight is 302 g/mol. The summed E-state index contributed by atoms with van der Waals surface area (Å²) in [5, 5.41) is 16.0. The first-order valence-electron chi connectivity index (χ1n) is 7.17. The molecule has 0 aromatic carbocycles. The number of unbranched alkanes of at least 4 members (excludes halogenated alkanes) is 1. The second-order valence-electron chi connectivity index (χ2n) is 4.68. The van der Waals surface area contributed by atoms with E-state index in [1.54, 1.807) is 11.3 Å². The third kappa shape index (κ3) is 8.60. The molecule has 1 unspecified atom stereocenters. The Hall–Kier alpha value is -0.530. The standard InChI is InChI=1S/C14H26N2O3S/c1-3-4-5-18-6-7-19-10-14(17)9-15-8-13-11-20-12(2)16-13/h11,14-15,17H,3-10H2,1-2H3. The zero-order valence-electron chi connectivity index (χ0n) is 12.4. The smallest absolute Gasteiger partial charge is 0.0897 e. The molecule has 0 saturated carbocycles. The maximum Gasteiger partial charge on any atom is 0.0897 e. The monoisotopic (exact) mass is 302 g/mol. The molecule has 0 spiro atoms. The number of hydrogen-bond acceptors (Lipinski definition) is 6. The minimum atomic E-state index is -0.495. The summed E-state index contributed by atoms with van der Waals surface area (Å²) in [4.78, 5) is 4.35. The fourth-order valence-electron chi connectivity index (χ4n) is 1.60. The Morgan fingerprint density at radius 1 is 1.35 bits per heavy atom. The van der Waals surface area contributed by atoms with E-state index in [-0.39, 0.29) is 0 Å². The van der Waals surface area contributed by atoms with Gasteiger partial charge in [0.05, 0.1) is 36.6 Å². The van der Waals surface area contributed by atoms with Crippen LogP contribution in [0.25, 0.3) is 0 Å². The van der Waals surface area contributed by atoms with Crippen molar-refractivity contribution in [3.63, 3.8) is 0 Å². The summed E-state index contributed by atoms with van der Waals surface area (Å²) in [5.41, 5.74) is 1.02. The maximum absolute atomic E-state index is 9.73. The molecule has 5 nitrogen and oxygen atoms in total. The Kier molecular flexibility index (Phi) is 9.78. The lowest BCUT2D eigenvalue weighted by Gasteiger charge is -2.12. The van der Waals surface area contributed by atoms with Gasteiger partial charge in [-0.3, -0.25) is 0 Å². The van der Waals surface area contributed by atoms with E-state index in [1.807, 2.05) is 12.3 Å². The number of hydrogen-bond donors (Lipinski definition) is 2. The molecule has 1 rings (SSSR count). The van der Waals surface area contributed by atoms with E-state index in [0.717, 1.165) is 30.2 Å². The van der Waals surface area contributed by atoms with E-state index in [1.165, 1.54) is 0 Å². The molecule has 0 amide bonds. The number of rotatable bonds is 12. The first kappa shape index (κ1) is 17.5. The molecule has 0 saturated heterocycles. The molecule has 0 radical (unpaired) electrons. The predicted octanol–water partition coefficient (Wildman–Crippen LogP) is 1.74. The van der Waals surface area contributed by atoms with Crippen LogP contribution in [-0.2, 0) is 16.0 Å². The molecule has 0 fully saturated rings. The van der Waals surface area contributed by atoms with Crippen molar-refractivity contribution in [2.75, 3.05) is 33.0 Å². The van der Waals surface area contributed by atoms with Gasteiger partial charge in [0.25, 0.3) is 0 Å². The lowest BCUT2D eigenvalue weighted by atomic mass is 10.3. The number of aliphatic hydroxyl groups excluding tert-OH is 1. The molecule has 6 heteroatoms. The highest BCUT2D eigenvalue weighted by Gasteiger charge is 2.04. The van der Waals surface area contributed by atoms with E-state index in [9.17, 15) is 5.11 Å². The Labute approximate surface area is 125 Å². The van der Waals surface area contributed by atoms with Gasteiger partial charge >= 0.3 is 0 Å². The minimum Gasteiger partial charge on any atom is -0.389 e. The Bertz CT molecular complexity index is 347. The number of nitrogens with one attached hydrogen (secondary N) is 1. The van der Waals surface area contributed by atoms with Crippen LogP contribution >= 0.6 is 11.3 Å². The fraction of sp³-hybridized carbons (Fsp3) is 0.786. The molecule has 0 aliphatic rings. The zero-order chi connectivity index (χ0) is 14.6. The van der Waals surface area contributed by atoms with Crippen molar-refractivity contribution in [1.82, 2.24) is 10.3 Å². The van der Waals surface area contributed by atoms with Crippen LogP contribution in [0.4, 0.5) is 0 Å². The number of aryl methyl sites for hydroxylation is 1. The third-order valence-corrected chi connectivity index (χ3v) is 3.50. The van der Waals surface area contributed by atoms with Crippen LogP contribution in [0.2, 0.25) is 0 Å². The van der Waals surface area contributed by atoms with E-state index in [2.05, 4.69) is 17.2 Å². The van der Waals surface area contributed by atoms with Gasteiger partial charge in [0.1, 0.15) is 0 Å². The van der Waals surface area contributed by atoms with Crippen LogP contribution in [0.5, 0.6) is 0 Å². The molecule has 1 heterocycles. The average Bonchev–Trinajstić information content (AvgIpc) is 2.83. The predicted molar refractivity (Wildman–Crippen MR) is 81.1 cm³/mol. The molecular formula is C14H26N2O3S. The summed E-state index contributed by atoms with van der Waals surface area (Å²) in [6, 6.07) is 0. The number of aromatic nitrogens is 1. The van der Waals surface area contributed by atoms with Gasteiger partial charge in [0.15, 0.2) is 0 Å². The molecule has 1 aromatic heterocycles. The zero-order valence-corrected chi connectivity index (χ0v) is 13.2. The quantitative estimate of drug-likeness (QED) is 0.576. The molecule has 1 atom stereocenters. The topological polar surface area (TPSA) is 63.6 Å². The van der Waals surface area contributed by atoms with Crippen molar-refractivity contribution in [3.05, 3.63) is 16.1 Å². The van der Waals surface area contributed by atoms with Crippen LogP contribution in [-0.4, -0.2) is 49.2 Å². The third-order valence-electron chi connectivity index (χ3n) is 2.68. The van der Waals surface area contributed by atoms with Crippen molar-refractivity contribution in [1.29, 1.82) is 0 Å². The number of nitrogens with zero attached hydrogens (tertiary/aromatic N) is 1. The Morgan fingerprint density at radius 3 is 2.85 bits per heavy atom. The van der Waals surface area contributed by atoms with Gasteiger partial charge in [-0.1, -0.05) is 13.3 Å². The number of aliphatic hydroxyl groups is 1. The highest BCUT2D eigenvalue weighted by Crippen LogP contribution is 2.07. The van der Waals surface area contributed by atoms with Gasteiger partial charge in [0.2, 0.25) is 0 Å². The second kappa shape index (κ2) is 11.2. The molecule has 0 aliphatic heterocycles. The van der Waals surface area contributed by atoms with E-state index in [4.69, 9.17) is 9.47 Å². The van der Waals surface area contributed by atoms with Gasteiger partial charge < -0.3 is 19.9 Å². The largest absolute Gasteiger partial charge is 0.389 e. The van der Waals surface area contributed by atoms with Gasteiger partial charge in [-0.2, -0.15) is 0 Å². The summed E-state index contributed by atoms with van der Waals surface area (Å²) in [6.45, 7) is 7.56. The van der Waals surface area contributed by atoms with Gasteiger partial charge in [-0.15, -0.1) is 11.3 Å². The van der Waals surface area contributed by atoms with Gasteiger partial charge in [0, 0.05) is 25.1 Å². The van der Waals surface area contributed by atoms with Crippen molar-refractivity contribution in [2.24, 2.45) is 0 Å². The van der Waals surface area contributed by atoms with Crippen molar-refractivity contribution in [2.45, 2.75) is 39.3 Å². The SMILES string of the molecule is CCCCOCCOCC(O)CNCc1csc(C)n1. The first-order valence-corrected chi connectivity index (χ1v) is 8.05. The fourth-order valence-corrected chi connectivity index (χ4v) is 2.21. The van der Waals surface area contributed by atoms with E-state index < -0.39 is 6.10 Å². The highest BCUT2D eigenvalue weighted by atomic mass is 32.1. The van der Waals surface area contributed by atoms with Crippen LogP contribution in [0, 0.1) is 6.92 Å². The van der Waals surface area contributed by atoms with Crippen molar-refractivity contribution < 1.29 is 14.6 Å². The van der Waals surface area contributed by atoms with Crippen LogP contribution in [0.1, 0.15) is 30.5 Å². The summed E-state index contributed by atoms with van der Waals surface area (Å²) >= 11 is 1.64. The second-order valence-corrected chi connectivity index (χ2v) is 5.75. The molecular weight excluding hydrogens is 276 g/mol. The normalized spacial score (nSPS) is 12.8. The molecule has 1 aromatic rings. The summed E-state index contributed by atoms with van der Waals surface area (Å²) in [7, 11) is 0. The van der Waals surface area contributed by atoms with Crippen molar-refractivity contribution >= 4 is 11.3 Å². The van der Waals surface area contributed by atoms with Crippen LogP contribution < -0.4 is 5.32 Å². The lowest BCUT2D eigenvalue weighted by Crippen LogP contribution is -2.30. The summed E-state index contributed by atoms with van der Waals surface area (Å²) in [5.74, 6) is 0. The van der Waals surface area contributed by atoms with E-state index >= 15 is 0 Å².